The first kappa shape index (κ1) is 24.2. The molecule has 2 aromatic rings. The van der Waals surface area contributed by atoms with Crippen LogP contribution < -0.4 is 9.47 Å². The number of fused-ring (bicyclic) bond motifs is 1. The molecule has 0 saturated carbocycles. The summed E-state index contributed by atoms with van der Waals surface area (Å²) in [5, 5.41) is 61.6. The van der Waals surface area contributed by atoms with E-state index in [1.807, 2.05) is 0 Å². The molecule has 0 unspecified atom stereocenters. The van der Waals surface area contributed by atoms with Crippen LogP contribution in [0.4, 0.5) is 0 Å². The minimum absolute atomic E-state index is 0.0117. The Morgan fingerprint density at radius 2 is 1.84 bits per heavy atom. The van der Waals surface area contributed by atoms with Crippen LogP contribution in [0.15, 0.2) is 18.2 Å². The monoisotopic (exact) mass is 452 g/mol. The van der Waals surface area contributed by atoms with Crippen molar-refractivity contribution in [3.8, 4) is 17.2 Å². The third-order valence-electron chi connectivity index (χ3n) is 5.59. The van der Waals surface area contributed by atoms with Gasteiger partial charge in [-0.25, -0.2) is 0 Å². The number of carbonyl (C=O) groups excluding carboxylic acids is 1. The van der Waals surface area contributed by atoms with Gasteiger partial charge in [0, 0.05) is 12.7 Å². The number of rotatable bonds is 7. The number of phenolic OH excluding ortho intramolecular Hbond substituents is 1. The number of aromatic hydroxyl groups is 1. The van der Waals surface area contributed by atoms with E-state index in [1.165, 1.54) is 20.1 Å². The zero-order valence-corrected chi connectivity index (χ0v) is 17.9. The van der Waals surface area contributed by atoms with Crippen LogP contribution in [0, 0.1) is 6.92 Å². The van der Waals surface area contributed by atoms with Crippen LogP contribution in [0.3, 0.4) is 0 Å². The average Bonchev–Trinajstić information content (AvgIpc) is 2.73. The van der Waals surface area contributed by atoms with Crippen LogP contribution in [0.1, 0.15) is 29.3 Å². The number of methoxy groups -OCH3 is 1. The van der Waals surface area contributed by atoms with Gasteiger partial charge in [0.2, 0.25) is 6.29 Å². The van der Waals surface area contributed by atoms with Gasteiger partial charge in [0.1, 0.15) is 41.7 Å². The molecule has 0 aliphatic carbocycles. The first-order valence-corrected chi connectivity index (χ1v) is 10.1. The van der Waals surface area contributed by atoms with Crippen LogP contribution >= 0.6 is 0 Å². The normalized spacial score (nSPS) is 26.7. The van der Waals surface area contributed by atoms with Crippen molar-refractivity contribution in [2.24, 2.45) is 0 Å². The summed E-state index contributed by atoms with van der Waals surface area (Å²) in [4.78, 5) is 12.1. The molecule has 6 N–H and O–H groups in total. The van der Waals surface area contributed by atoms with Gasteiger partial charge in [-0.05, 0) is 37.3 Å². The summed E-state index contributed by atoms with van der Waals surface area (Å²) < 4.78 is 16.6. The highest BCUT2D eigenvalue weighted by atomic mass is 16.7. The maximum atomic E-state index is 12.1. The van der Waals surface area contributed by atoms with Crippen molar-refractivity contribution < 1.29 is 49.6 Å². The summed E-state index contributed by atoms with van der Waals surface area (Å²) in [7, 11) is 1.43. The number of ether oxygens (including phenoxy) is 3. The average molecular weight is 452 g/mol. The maximum absolute atomic E-state index is 12.1. The zero-order valence-electron chi connectivity index (χ0n) is 17.9. The van der Waals surface area contributed by atoms with Gasteiger partial charge >= 0.3 is 0 Å². The molecule has 176 valence electrons. The Morgan fingerprint density at radius 3 is 2.44 bits per heavy atom. The number of aryl methyl sites for hydroxylation is 1. The van der Waals surface area contributed by atoms with Crippen LogP contribution in [0.5, 0.6) is 17.2 Å². The lowest BCUT2D eigenvalue weighted by molar-refractivity contribution is -0.288. The predicted molar refractivity (Wildman–Crippen MR) is 112 cm³/mol. The topological polar surface area (TPSA) is 166 Å². The fourth-order valence-corrected chi connectivity index (χ4v) is 3.96. The van der Waals surface area contributed by atoms with Crippen LogP contribution in [0.25, 0.3) is 10.8 Å². The van der Waals surface area contributed by atoms with Crippen molar-refractivity contribution in [3.05, 3.63) is 29.3 Å². The Hall–Kier alpha value is -2.47. The molecule has 2 aromatic carbocycles. The first-order valence-electron chi connectivity index (χ1n) is 10.1. The lowest BCUT2D eigenvalue weighted by Crippen LogP contribution is -2.62. The van der Waals surface area contributed by atoms with E-state index in [9.17, 15) is 30.3 Å². The molecule has 6 atom stereocenters. The first-order chi connectivity index (χ1) is 15.1. The van der Waals surface area contributed by atoms with Gasteiger partial charge in [-0.15, -0.1) is 0 Å². The van der Waals surface area contributed by atoms with E-state index in [-0.39, 0.29) is 41.3 Å². The third kappa shape index (κ3) is 4.38. The highest BCUT2D eigenvalue weighted by Gasteiger charge is 2.47. The molecular formula is C22H28O10. The van der Waals surface area contributed by atoms with Crippen molar-refractivity contribution >= 4 is 16.6 Å². The Labute approximate surface area is 184 Å². The summed E-state index contributed by atoms with van der Waals surface area (Å²) in [6.07, 6.45) is -9.44. The number of phenols is 1. The predicted octanol–water partition coefficient (Wildman–Crippen LogP) is -0.00528. The van der Waals surface area contributed by atoms with Crippen LogP contribution in [-0.4, -0.2) is 86.9 Å². The molecule has 1 fully saturated rings. The Balaban J connectivity index is 2.08. The number of benzene rings is 2. The number of aliphatic hydroxyl groups excluding tert-OH is 5. The molecule has 1 heterocycles. The molecule has 0 radical (unpaired) electrons. The van der Waals surface area contributed by atoms with E-state index in [4.69, 9.17) is 19.3 Å². The maximum Gasteiger partial charge on any atom is 0.229 e. The van der Waals surface area contributed by atoms with E-state index in [0.29, 0.717) is 16.7 Å². The molecule has 0 bridgehead atoms. The quantitative estimate of drug-likeness (QED) is 0.315. The molecule has 1 aliphatic heterocycles. The lowest BCUT2D eigenvalue weighted by atomic mass is 9.94. The minimum atomic E-state index is -1.72. The van der Waals surface area contributed by atoms with Crippen LogP contribution in [-0.2, 0) is 4.74 Å². The second kappa shape index (κ2) is 9.57. The Morgan fingerprint density at radius 1 is 1.16 bits per heavy atom. The van der Waals surface area contributed by atoms with Gasteiger partial charge in [0.25, 0.3) is 0 Å². The van der Waals surface area contributed by atoms with E-state index in [2.05, 4.69) is 0 Å². The molecule has 1 aliphatic rings. The second-order valence-corrected chi connectivity index (χ2v) is 7.84. The zero-order chi connectivity index (χ0) is 23.7. The van der Waals surface area contributed by atoms with E-state index < -0.39 is 36.8 Å². The van der Waals surface area contributed by atoms with Gasteiger partial charge in [-0.1, -0.05) is 6.07 Å². The fraction of sp³-hybridized carbons (Fsp3) is 0.500. The highest BCUT2D eigenvalue weighted by molar-refractivity contribution is 6.07. The van der Waals surface area contributed by atoms with Crippen molar-refractivity contribution in [2.75, 3.05) is 13.7 Å². The Kier molecular flexibility index (Phi) is 7.23. The molecule has 32 heavy (non-hydrogen) atoms. The van der Waals surface area contributed by atoms with Crippen molar-refractivity contribution in [1.82, 2.24) is 0 Å². The lowest BCUT2D eigenvalue weighted by Gasteiger charge is -2.42. The number of aliphatic hydroxyl groups is 5. The van der Waals surface area contributed by atoms with E-state index in [0.717, 1.165) is 0 Å². The van der Waals surface area contributed by atoms with Gasteiger partial charge in [-0.2, -0.15) is 0 Å². The van der Waals surface area contributed by atoms with Crippen molar-refractivity contribution in [3.63, 3.8) is 0 Å². The SMILES string of the molecule is COc1cc(O[C@@H]2O[C@H]([C@H](O)CCO)[C@@H](O)[C@H](O)[C@H]2O)c2c(O)c(C(C)=O)c(C)cc2c1. The number of ketones is 1. The standard InChI is InChI=1S/C22H28O10/c1-9-6-11-7-12(30-3)8-14(16(11)17(26)15(9)10(2)24)31-22-20(29)18(27)19(28)21(32-22)13(25)4-5-23/h6-8,13,18-23,25-29H,4-5H2,1-3H3/t13-,18+,19+,20-,21-,22-/m1/s1. The molecule has 1 saturated heterocycles. The highest BCUT2D eigenvalue weighted by Crippen LogP contribution is 2.42. The summed E-state index contributed by atoms with van der Waals surface area (Å²) in [5.74, 6) is -0.344. The third-order valence-corrected chi connectivity index (χ3v) is 5.59. The number of carbonyl (C=O) groups is 1. The van der Waals surface area contributed by atoms with Crippen molar-refractivity contribution in [2.45, 2.75) is 57.1 Å². The molecule has 0 spiro atoms. The molecule has 0 aromatic heterocycles. The van der Waals surface area contributed by atoms with Gasteiger partial charge in [0.15, 0.2) is 5.78 Å². The number of hydrogen-bond donors (Lipinski definition) is 6. The molecule has 3 rings (SSSR count). The molecule has 10 heteroatoms. The van der Waals surface area contributed by atoms with Crippen LogP contribution in [0.2, 0.25) is 0 Å². The van der Waals surface area contributed by atoms with Gasteiger partial charge < -0.3 is 44.8 Å². The Bertz CT molecular complexity index is 991. The largest absolute Gasteiger partial charge is 0.506 e. The number of Topliss-reactive ketones (excluding diaryl/α,β-unsaturated/α-hetero) is 1. The molecule has 0 amide bonds. The summed E-state index contributed by atoms with van der Waals surface area (Å²) in [6, 6.07) is 4.71. The number of hydrogen-bond acceptors (Lipinski definition) is 10. The van der Waals surface area contributed by atoms with E-state index >= 15 is 0 Å². The molecule has 10 nitrogen and oxygen atoms in total. The smallest absolute Gasteiger partial charge is 0.229 e. The van der Waals surface area contributed by atoms with Gasteiger partial charge in [0.05, 0.1) is 24.2 Å². The van der Waals surface area contributed by atoms with E-state index in [1.54, 1.807) is 19.1 Å². The molecular weight excluding hydrogens is 424 g/mol. The minimum Gasteiger partial charge on any atom is -0.506 e. The van der Waals surface area contributed by atoms with Gasteiger partial charge in [-0.3, -0.25) is 4.79 Å². The fourth-order valence-electron chi connectivity index (χ4n) is 3.96. The summed E-state index contributed by atoms with van der Waals surface area (Å²) in [6.45, 7) is 2.60. The summed E-state index contributed by atoms with van der Waals surface area (Å²) in [5.41, 5.74) is 0.644. The summed E-state index contributed by atoms with van der Waals surface area (Å²) >= 11 is 0. The van der Waals surface area contributed by atoms with Crippen molar-refractivity contribution in [1.29, 1.82) is 0 Å². The second-order valence-electron chi connectivity index (χ2n) is 7.84.